The minimum absolute atomic E-state index is 0.240. The van der Waals surface area contributed by atoms with Crippen molar-refractivity contribution < 1.29 is 19.1 Å². The summed E-state index contributed by atoms with van der Waals surface area (Å²) in [6.45, 7) is 6.37. The summed E-state index contributed by atoms with van der Waals surface area (Å²) < 4.78 is 13.1. The molecule has 5 nitrogen and oxygen atoms in total. The van der Waals surface area contributed by atoms with Gasteiger partial charge in [0.2, 0.25) is 13.8 Å². The number of nitrogens with one attached hydrogen (secondary N) is 2. The van der Waals surface area contributed by atoms with Crippen molar-refractivity contribution >= 4 is 31.3 Å². The highest BCUT2D eigenvalue weighted by molar-refractivity contribution is 7.99. The molecule has 1 aliphatic rings. The minimum Gasteiger partial charge on any atom is -0.391 e. The van der Waals surface area contributed by atoms with Crippen molar-refractivity contribution in [2.75, 3.05) is 5.75 Å². The molecule has 3 N–H and O–H groups in total. The molecule has 8 heteroatoms. The van der Waals surface area contributed by atoms with Crippen molar-refractivity contribution in [3.05, 3.63) is 30.1 Å². The molecule has 2 amide bonds. The molecule has 0 heterocycles. The molecular formula is C22H32BFN2O3S. The third kappa shape index (κ3) is 7.62. The van der Waals surface area contributed by atoms with Gasteiger partial charge in [0.1, 0.15) is 11.9 Å². The normalized spacial score (nSPS) is 24.1. The number of carbonyl (C=O) groups is 2. The highest BCUT2D eigenvalue weighted by Crippen LogP contribution is 2.38. The number of aliphatic hydroxyl groups excluding tert-OH is 1. The van der Waals surface area contributed by atoms with Gasteiger partial charge in [0, 0.05) is 10.6 Å². The van der Waals surface area contributed by atoms with Gasteiger partial charge in [-0.3, -0.25) is 9.59 Å². The zero-order valence-electron chi connectivity index (χ0n) is 17.9. The number of hydrogen-bond donors (Lipinski definition) is 3. The molecule has 1 aliphatic carbocycles. The maximum Gasteiger partial charge on any atom is 0.243 e. The standard InChI is InChI=1S/C22H32BFN2O3S/c1-4-18(20(27)11-15-10-13(2)9-14(15)3)25-21(28)19(26-22(23)29)12-30-17-7-5-16(24)6-8-17/h5-8,13-15,18-20,27H,4,9-12H2,1-3H3,(H,25,28)(H,26,29). The van der Waals surface area contributed by atoms with Gasteiger partial charge in [-0.05, 0) is 67.7 Å². The van der Waals surface area contributed by atoms with E-state index in [1.54, 1.807) is 12.1 Å². The fourth-order valence-corrected chi connectivity index (χ4v) is 5.22. The van der Waals surface area contributed by atoms with Crippen LogP contribution in [-0.2, 0) is 4.79 Å². The van der Waals surface area contributed by atoms with Crippen molar-refractivity contribution in [2.24, 2.45) is 17.8 Å². The van der Waals surface area contributed by atoms with Crippen LogP contribution in [-0.4, -0.2) is 48.6 Å². The summed E-state index contributed by atoms with van der Waals surface area (Å²) in [5.41, 5.74) is 0. The predicted octanol–water partition coefficient (Wildman–Crippen LogP) is 3.49. The second-order valence-electron chi connectivity index (χ2n) is 8.47. The number of thioether (sulfide) groups is 1. The van der Waals surface area contributed by atoms with Crippen molar-refractivity contribution in [3.8, 4) is 0 Å². The molecule has 6 unspecified atom stereocenters. The lowest BCUT2D eigenvalue weighted by molar-refractivity contribution is -0.124. The average molecular weight is 434 g/mol. The number of carbonyl (C=O) groups excluding carboxylic acids is 2. The van der Waals surface area contributed by atoms with Gasteiger partial charge < -0.3 is 15.7 Å². The van der Waals surface area contributed by atoms with Crippen LogP contribution in [0.15, 0.2) is 29.2 Å². The molecule has 0 spiro atoms. The number of hydrogen-bond acceptors (Lipinski definition) is 4. The van der Waals surface area contributed by atoms with E-state index in [0.29, 0.717) is 30.6 Å². The average Bonchev–Trinajstić information content (AvgIpc) is 3.00. The lowest BCUT2D eigenvalue weighted by Gasteiger charge is -2.28. The van der Waals surface area contributed by atoms with Gasteiger partial charge in [0.25, 0.3) is 0 Å². The second-order valence-corrected chi connectivity index (χ2v) is 9.56. The fraction of sp³-hybridized carbons (Fsp3) is 0.636. The van der Waals surface area contributed by atoms with Gasteiger partial charge >= 0.3 is 0 Å². The van der Waals surface area contributed by atoms with E-state index in [0.717, 1.165) is 11.3 Å². The first kappa shape index (κ1) is 24.7. The van der Waals surface area contributed by atoms with Crippen molar-refractivity contribution in [2.45, 2.75) is 69.5 Å². The van der Waals surface area contributed by atoms with E-state index in [1.165, 1.54) is 30.3 Å². The Morgan fingerprint density at radius 3 is 2.43 bits per heavy atom. The Morgan fingerprint density at radius 2 is 1.90 bits per heavy atom. The lowest BCUT2D eigenvalue weighted by atomic mass is 9.89. The SMILES string of the molecule is [B]C(=O)NC(CSc1ccc(F)cc1)C(=O)NC(CC)C(O)CC1CC(C)CC1C. The van der Waals surface area contributed by atoms with Gasteiger partial charge in [-0.2, -0.15) is 0 Å². The molecule has 1 fully saturated rings. The molecule has 2 radical (unpaired) electrons. The van der Waals surface area contributed by atoms with E-state index < -0.39 is 24.0 Å². The maximum atomic E-state index is 13.1. The van der Waals surface area contributed by atoms with Gasteiger partial charge in [0.15, 0.2) is 5.81 Å². The summed E-state index contributed by atoms with van der Waals surface area (Å²) in [6, 6.07) is 4.65. The molecule has 1 aromatic carbocycles. The van der Waals surface area contributed by atoms with Gasteiger partial charge in [-0.15, -0.1) is 11.8 Å². The van der Waals surface area contributed by atoms with Crippen molar-refractivity contribution in [3.63, 3.8) is 0 Å². The van der Waals surface area contributed by atoms with E-state index in [9.17, 15) is 19.1 Å². The van der Waals surface area contributed by atoms with Crippen LogP contribution in [0.5, 0.6) is 0 Å². The third-order valence-corrected chi connectivity index (χ3v) is 7.03. The molecule has 1 aromatic rings. The first-order valence-electron chi connectivity index (χ1n) is 10.6. The summed E-state index contributed by atoms with van der Waals surface area (Å²) in [4.78, 5) is 25.0. The molecule has 6 atom stereocenters. The topological polar surface area (TPSA) is 78.4 Å². The summed E-state index contributed by atoms with van der Waals surface area (Å²) in [5, 5.41) is 16.1. The second kappa shape index (κ2) is 11.7. The number of amides is 2. The highest BCUT2D eigenvalue weighted by Gasteiger charge is 2.33. The summed E-state index contributed by atoms with van der Waals surface area (Å²) in [6.07, 6.45) is 2.87. The largest absolute Gasteiger partial charge is 0.391 e. The van der Waals surface area contributed by atoms with Crippen LogP contribution < -0.4 is 10.6 Å². The van der Waals surface area contributed by atoms with E-state index >= 15 is 0 Å². The van der Waals surface area contributed by atoms with Crippen LogP contribution in [0.3, 0.4) is 0 Å². The van der Waals surface area contributed by atoms with E-state index in [1.807, 2.05) is 6.92 Å². The Kier molecular flexibility index (Phi) is 9.68. The lowest BCUT2D eigenvalue weighted by Crippen LogP contribution is -2.53. The van der Waals surface area contributed by atoms with Crippen LogP contribution in [0.4, 0.5) is 9.18 Å². The molecular weight excluding hydrogens is 402 g/mol. The van der Waals surface area contributed by atoms with Crippen molar-refractivity contribution in [1.82, 2.24) is 10.6 Å². The smallest absolute Gasteiger partial charge is 0.243 e. The maximum absolute atomic E-state index is 13.1. The third-order valence-electron chi connectivity index (χ3n) is 5.92. The summed E-state index contributed by atoms with van der Waals surface area (Å²) in [5.74, 6) is 0.409. The molecule has 0 aromatic heterocycles. The van der Waals surface area contributed by atoms with Crippen LogP contribution in [0, 0.1) is 23.6 Å². The van der Waals surface area contributed by atoms with Gasteiger partial charge in [-0.1, -0.05) is 20.8 Å². The zero-order chi connectivity index (χ0) is 22.3. The Bertz CT molecular complexity index is 706. The Balaban J connectivity index is 1.95. The molecule has 0 saturated heterocycles. The summed E-state index contributed by atoms with van der Waals surface area (Å²) in [7, 11) is 5.24. The van der Waals surface area contributed by atoms with Gasteiger partial charge in [0.05, 0.1) is 12.1 Å². The van der Waals surface area contributed by atoms with Crippen LogP contribution in [0.25, 0.3) is 0 Å². The van der Waals surface area contributed by atoms with E-state index in [-0.39, 0.29) is 17.5 Å². The Morgan fingerprint density at radius 1 is 1.23 bits per heavy atom. The Labute approximate surface area is 184 Å². The van der Waals surface area contributed by atoms with Crippen LogP contribution in [0.2, 0.25) is 0 Å². The number of halogens is 1. The first-order chi connectivity index (χ1) is 14.2. The molecule has 30 heavy (non-hydrogen) atoms. The van der Waals surface area contributed by atoms with Crippen LogP contribution >= 0.6 is 11.8 Å². The molecule has 0 aliphatic heterocycles. The number of benzene rings is 1. The summed E-state index contributed by atoms with van der Waals surface area (Å²) >= 11 is 1.32. The monoisotopic (exact) mass is 434 g/mol. The fourth-order valence-electron chi connectivity index (χ4n) is 4.29. The van der Waals surface area contributed by atoms with Crippen LogP contribution in [0.1, 0.15) is 46.5 Å². The quantitative estimate of drug-likeness (QED) is 0.389. The van der Waals surface area contributed by atoms with Crippen molar-refractivity contribution in [1.29, 1.82) is 0 Å². The minimum atomic E-state index is -0.857. The molecule has 0 bridgehead atoms. The Hall–Kier alpha value is -1.54. The highest BCUT2D eigenvalue weighted by atomic mass is 32.2. The molecule has 1 saturated carbocycles. The zero-order valence-corrected chi connectivity index (χ0v) is 18.8. The molecule has 164 valence electrons. The number of aliphatic hydroxyl groups is 1. The van der Waals surface area contributed by atoms with E-state index in [2.05, 4.69) is 24.5 Å². The molecule has 2 rings (SSSR count). The first-order valence-corrected chi connectivity index (χ1v) is 11.6. The van der Waals surface area contributed by atoms with Gasteiger partial charge in [-0.25, -0.2) is 4.39 Å². The van der Waals surface area contributed by atoms with E-state index in [4.69, 9.17) is 7.85 Å². The predicted molar refractivity (Wildman–Crippen MR) is 119 cm³/mol. The number of rotatable bonds is 10.